The summed E-state index contributed by atoms with van der Waals surface area (Å²) in [6.45, 7) is 7.81. The number of rotatable bonds is 8. The summed E-state index contributed by atoms with van der Waals surface area (Å²) in [6.07, 6.45) is 2.18. The monoisotopic (exact) mass is 291 g/mol. The van der Waals surface area contributed by atoms with E-state index in [-0.39, 0.29) is 23.8 Å². The van der Waals surface area contributed by atoms with Gasteiger partial charge in [-0.05, 0) is 27.0 Å². The summed E-state index contributed by atoms with van der Waals surface area (Å²) in [6, 6.07) is -0.890. The predicted molar refractivity (Wildman–Crippen MR) is 77.4 cm³/mol. The van der Waals surface area contributed by atoms with Gasteiger partial charge in [0.05, 0.1) is 5.60 Å². The van der Waals surface area contributed by atoms with Crippen LogP contribution in [0.4, 0.5) is 0 Å². The molecule has 2 unspecified atom stereocenters. The number of carbonyl (C=O) groups is 2. The minimum atomic E-state index is -1.03. The second-order valence-corrected chi connectivity index (χ2v) is 6.42. The largest absolute Gasteiger partial charge is 0.480 e. The van der Waals surface area contributed by atoms with Gasteiger partial charge in [-0.15, -0.1) is 0 Å². The van der Waals surface area contributed by atoms with Crippen molar-refractivity contribution in [2.75, 3.05) is 18.6 Å². The standard InChI is InChI=1S/C13H25NO4S/c1-9(8-19-5)11(15)14-10(12(16)17)6-7-18-13(2,3)4/h9-10H,6-8H2,1-5H3,(H,14,15)(H,16,17). The van der Waals surface area contributed by atoms with Gasteiger partial charge in [0.25, 0.3) is 0 Å². The zero-order valence-electron chi connectivity index (χ0n) is 12.4. The van der Waals surface area contributed by atoms with Crippen LogP contribution >= 0.6 is 11.8 Å². The van der Waals surface area contributed by atoms with Crippen LogP contribution in [0.15, 0.2) is 0 Å². The molecule has 0 aromatic heterocycles. The van der Waals surface area contributed by atoms with E-state index < -0.39 is 12.0 Å². The van der Waals surface area contributed by atoms with Crippen molar-refractivity contribution in [2.24, 2.45) is 5.92 Å². The van der Waals surface area contributed by atoms with Crippen molar-refractivity contribution < 1.29 is 19.4 Å². The molecule has 0 aromatic carbocycles. The SMILES string of the molecule is CSCC(C)C(=O)NC(CCOC(C)(C)C)C(=O)O. The molecular weight excluding hydrogens is 266 g/mol. The van der Waals surface area contributed by atoms with Gasteiger partial charge in [-0.3, -0.25) is 4.79 Å². The summed E-state index contributed by atoms with van der Waals surface area (Å²) in [5, 5.41) is 11.6. The summed E-state index contributed by atoms with van der Waals surface area (Å²) in [5.74, 6) is -0.767. The Labute approximate surface area is 119 Å². The number of carboxylic acid groups (broad SMARTS) is 1. The molecule has 5 nitrogen and oxygen atoms in total. The van der Waals surface area contributed by atoms with E-state index in [0.29, 0.717) is 12.4 Å². The lowest BCUT2D eigenvalue weighted by atomic mass is 10.1. The zero-order chi connectivity index (χ0) is 15.1. The number of thioether (sulfide) groups is 1. The van der Waals surface area contributed by atoms with Crippen molar-refractivity contribution in [1.29, 1.82) is 0 Å². The van der Waals surface area contributed by atoms with Gasteiger partial charge in [0, 0.05) is 24.7 Å². The van der Waals surface area contributed by atoms with Crippen LogP contribution in [0.2, 0.25) is 0 Å². The molecule has 0 aromatic rings. The predicted octanol–water partition coefficient (Wildman–Crippen LogP) is 1.76. The maximum atomic E-state index is 11.8. The molecule has 0 bridgehead atoms. The third-order valence-corrected chi connectivity index (χ3v) is 3.25. The van der Waals surface area contributed by atoms with E-state index in [2.05, 4.69) is 5.32 Å². The Bertz CT molecular complexity index is 302. The molecular formula is C13H25NO4S. The number of hydrogen-bond donors (Lipinski definition) is 2. The molecule has 0 aliphatic carbocycles. The maximum Gasteiger partial charge on any atom is 0.326 e. The van der Waals surface area contributed by atoms with Gasteiger partial charge < -0.3 is 15.2 Å². The minimum Gasteiger partial charge on any atom is -0.480 e. The van der Waals surface area contributed by atoms with Crippen LogP contribution in [-0.4, -0.2) is 47.2 Å². The molecule has 0 heterocycles. The van der Waals surface area contributed by atoms with E-state index in [4.69, 9.17) is 9.84 Å². The Morgan fingerprint density at radius 3 is 2.37 bits per heavy atom. The Balaban J connectivity index is 4.27. The third kappa shape index (κ3) is 8.88. The van der Waals surface area contributed by atoms with Crippen molar-refractivity contribution >= 4 is 23.6 Å². The van der Waals surface area contributed by atoms with E-state index in [1.54, 1.807) is 18.7 Å². The topological polar surface area (TPSA) is 75.6 Å². The lowest BCUT2D eigenvalue weighted by molar-refractivity contribution is -0.143. The van der Waals surface area contributed by atoms with Gasteiger partial charge in [-0.1, -0.05) is 6.92 Å². The van der Waals surface area contributed by atoms with Gasteiger partial charge in [0.15, 0.2) is 0 Å². The van der Waals surface area contributed by atoms with Crippen LogP contribution in [0.25, 0.3) is 0 Å². The third-order valence-electron chi connectivity index (χ3n) is 2.42. The second kappa shape index (κ2) is 8.43. The first-order valence-corrected chi connectivity index (χ1v) is 7.73. The number of carbonyl (C=O) groups excluding carboxylic acids is 1. The molecule has 2 atom stereocenters. The van der Waals surface area contributed by atoms with E-state index in [1.165, 1.54) is 0 Å². The molecule has 0 aliphatic rings. The van der Waals surface area contributed by atoms with E-state index in [0.717, 1.165) is 0 Å². The zero-order valence-corrected chi connectivity index (χ0v) is 13.2. The molecule has 0 saturated carbocycles. The van der Waals surface area contributed by atoms with E-state index in [1.807, 2.05) is 27.0 Å². The Morgan fingerprint density at radius 2 is 1.95 bits per heavy atom. The Morgan fingerprint density at radius 1 is 1.37 bits per heavy atom. The molecule has 0 radical (unpaired) electrons. The van der Waals surface area contributed by atoms with E-state index >= 15 is 0 Å². The summed E-state index contributed by atoms with van der Waals surface area (Å²) in [7, 11) is 0. The fourth-order valence-corrected chi connectivity index (χ4v) is 2.03. The maximum absolute atomic E-state index is 11.8. The smallest absolute Gasteiger partial charge is 0.326 e. The average molecular weight is 291 g/mol. The fraction of sp³-hybridized carbons (Fsp3) is 0.846. The summed E-state index contributed by atoms with van der Waals surface area (Å²) in [4.78, 5) is 22.9. The number of carboxylic acids is 1. The first-order valence-electron chi connectivity index (χ1n) is 6.33. The second-order valence-electron chi connectivity index (χ2n) is 5.51. The van der Waals surface area contributed by atoms with E-state index in [9.17, 15) is 9.59 Å². The molecule has 0 aliphatic heterocycles. The summed E-state index contributed by atoms with van der Waals surface area (Å²) < 4.78 is 5.48. The van der Waals surface area contributed by atoms with Gasteiger partial charge in [-0.25, -0.2) is 4.79 Å². The van der Waals surface area contributed by atoms with Crippen LogP contribution < -0.4 is 5.32 Å². The highest BCUT2D eigenvalue weighted by atomic mass is 32.2. The van der Waals surface area contributed by atoms with Gasteiger partial charge in [0.2, 0.25) is 5.91 Å². The van der Waals surface area contributed by atoms with Gasteiger partial charge >= 0.3 is 5.97 Å². The summed E-state index contributed by atoms with van der Waals surface area (Å²) in [5.41, 5.74) is -0.306. The Hall–Kier alpha value is -0.750. The quantitative estimate of drug-likeness (QED) is 0.712. The molecule has 112 valence electrons. The number of aliphatic carboxylic acids is 1. The minimum absolute atomic E-state index is 0.194. The van der Waals surface area contributed by atoms with Gasteiger partial charge in [-0.2, -0.15) is 11.8 Å². The first-order chi connectivity index (χ1) is 8.67. The Kier molecular flexibility index (Phi) is 8.09. The molecule has 0 fully saturated rings. The number of ether oxygens (including phenoxy) is 1. The molecule has 2 N–H and O–H groups in total. The van der Waals surface area contributed by atoms with Crippen molar-refractivity contribution in [3.63, 3.8) is 0 Å². The summed E-state index contributed by atoms with van der Waals surface area (Å²) >= 11 is 1.56. The van der Waals surface area contributed by atoms with Crippen LogP contribution in [0, 0.1) is 5.92 Å². The highest BCUT2D eigenvalue weighted by Crippen LogP contribution is 2.09. The van der Waals surface area contributed by atoms with Gasteiger partial charge in [0.1, 0.15) is 6.04 Å². The molecule has 0 rings (SSSR count). The number of hydrogen-bond acceptors (Lipinski definition) is 4. The molecule has 1 amide bonds. The van der Waals surface area contributed by atoms with Crippen molar-refractivity contribution in [2.45, 2.75) is 45.8 Å². The highest BCUT2D eigenvalue weighted by Gasteiger charge is 2.23. The highest BCUT2D eigenvalue weighted by molar-refractivity contribution is 7.98. The molecule has 19 heavy (non-hydrogen) atoms. The number of nitrogens with one attached hydrogen (secondary N) is 1. The van der Waals surface area contributed by atoms with Crippen LogP contribution in [0.5, 0.6) is 0 Å². The van der Waals surface area contributed by atoms with Crippen molar-refractivity contribution in [1.82, 2.24) is 5.32 Å². The lowest BCUT2D eigenvalue weighted by Crippen LogP contribution is -2.44. The average Bonchev–Trinajstić information content (AvgIpc) is 2.25. The van der Waals surface area contributed by atoms with Crippen molar-refractivity contribution in [3.8, 4) is 0 Å². The fourth-order valence-electron chi connectivity index (χ4n) is 1.38. The van der Waals surface area contributed by atoms with Crippen molar-refractivity contribution in [3.05, 3.63) is 0 Å². The normalized spacial score (nSPS) is 14.8. The van der Waals surface area contributed by atoms with Crippen LogP contribution in [0.3, 0.4) is 0 Å². The lowest BCUT2D eigenvalue weighted by Gasteiger charge is -2.22. The van der Waals surface area contributed by atoms with Crippen LogP contribution in [-0.2, 0) is 14.3 Å². The first kappa shape index (κ1) is 18.2. The molecule has 0 saturated heterocycles. The molecule has 0 spiro atoms. The number of amides is 1. The molecule has 6 heteroatoms. The van der Waals surface area contributed by atoms with Crippen LogP contribution in [0.1, 0.15) is 34.1 Å².